The van der Waals surface area contributed by atoms with Gasteiger partial charge in [-0.25, -0.2) is 4.79 Å². The van der Waals surface area contributed by atoms with Crippen LogP contribution in [0, 0.1) is 5.92 Å². The van der Waals surface area contributed by atoms with E-state index in [0.717, 1.165) is 18.7 Å². The van der Waals surface area contributed by atoms with Crippen LogP contribution >= 0.6 is 0 Å². The van der Waals surface area contributed by atoms with Crippen LogP contribution in [0.15, 0.2) is 24.3 Å². The molecule has 0 aromatic heterocycles. The van der Waals surface area contributed by atoms with E-state index in [9.17, 15) is 83.4 Å². The summed E-state index contributed by atoms with van der Waals surface area (Å²) < 4.78 is 0. The van der Waals surface area contributed by atoms with Crippen molar-refractivity contribution in [2.75, 3.05) is 19.8 Å². The number of nitrogens with zero attached hydrogens (tertiary/aromatic N) is 1. The second-order valence-corrected chi connectivity index (χ2v) is 17.8. The Morgan fingerprint density at radius 2 is 1.08 bits per heavy atom. The molecule has 402 valence electrons. The summed E-state index contributed by atoms with van der Waals surface area (Å²) in [6.07, 6.45) is -4.46. The van der Waals surface area contributed by atoms with Crippen molar-refractivity contribution in [3.05, 3.63) is 29.8 Å². The number of hydrogen-bond donors (Lipinski definition) is 16. The second-order valence-electron chi connectivity index (χ2n) is 17.8. The molecule has 1 heterocycles. The number of nitrogens with two attached hydrogens (primary N) is 3. The lowest BCUT2D eigenvalue weighted by Gasteiger charge is -2.32. The van der Waals surface area contributed by atoms with E-state index in [1.807, 2.05) is 0 Å². The monoisotopic (exact) mass is 1020 g/mol. The fourth-order valence-corrected chi connectivity index (χ4v) is 7.28. The summed E-state index contributed by atoms with van der Waals surface area (Å²) in [5, 5.41) is 76.4. The van der Waals surface area contributed by atoms with Gasteiger partial charge in [0, 0.05) is 25.8 Å². The van der Waals surface area contributed by atoms with Crippen LogP contribution in [-0.2, 0) is 59.2 Å². The lowest BCUT2D eigenvalue weighted by atomic mass is 10.0. The summed E-state index contributed by atoms with van der Waals surface area (Å²) in [7, 11) is 0. The smallest absolute Gasteiger partial charge is 0.328 e. The third kappa shape index (κ3) is 19.6. The van der Waals surface area contributed by atoms with Gasteiger partial charge in [-0.3, -0.25) is 47.9 Å². The average molecular weight is 1020 g/mol. The van der Waals surface area contributed by atoms with Crippen LogP contribution in [0.5, 0.6) is 5.75 Å². The standard InChI is InChI=1S/C44H69N11O17/c1-20(2)16-27(39(66)54-35(22(4)59)44(71)72)50-42(69)31-6-5-15-55(31)43(70)34(21(3)58)53-41(68)30(19-57)52-38(65)28(17-23-7-9-24(60)10-8-23)49-40(67)29(18-56)51-37(64)26(12-14-33(47)62)48-36(63)25(45)11-13-32(46)61/h7-10,20-22,25-31,34-35,56-60H,5-6,11-19,45H2,1-4H3,(H2,46,61)(H2,47,62)(H,48,63)(H,49,67)(H,50,69)(H,51,64)(H,52,65)(H,53,68)(H,54,66)(H,71,72)/t21-,22-,25+,26+,27+,28+,29+,30+,31+,34+,35+/m1/s1. The first kappa shape index (κ1) is 61.1. The molecule has 1 aromatic carbocycles. The van der Waals surface area contributed by atoms with Gasteiger partial charge in [0.25, 0.3) is 0 Å². The molecule has 1 fully saturated rings. The Morgan fingerprint density at radius 3 is 1.58 bits per heavy atom. The largest absolute Gasteiger partial charge is 0.508 e. The zero-order valence-electron chi connectivity index (χ0n) is 40.4. The number of carboxylic acids is 1. The lowest BCUT2D eigenvalue weighted by molar-refractivity contribution is -0.146. The molecular weight excluding hydrogens is 955 g/mol. The minimum atomic E-state index is -1.88. The van der Waals surface area contributed by atoms with Crippen molar-refractivity contribution in [1.82, 2.24) is 42.1 Å². The Bertz CT molecular complexity index is 2090. The molecule has 0 aliphatic carbocycles. The molecule has 1 aliphatic heterocycles. The number of aliphatic carboxylic acids is 1. The first-order valence-electron chi connectivity index (χ1n) is 23.0. The summed E-state index contributed by atoms with van der Waals surface area (Å²) in [4.78, 5) is 144. The summed E-state index contributed by atoms with van der Waals surface area (Å²) in [6, 6.07) is -9.06. The molecule has 0 saturated carbocycles. The number of rotatable bonds is 30. The van der Waals surface area contributed by atoms with Crippen LogP contribution in [0.4, 0.5) is 0 Å². The summed E-state index contributed by atoms with van der Waals surface area (Å²) >= 11 is 0. The molecular formula is C44H69N11O17. The molecule has 1 aromatic rings. The number of carbonyl (C=O) groups is 11. The molecule has 0 radical (unpaired) electrons. The number of benzene rings is 1. The molecule has 0 spiro atoms. The third-order valence-corrected chi connectivity index (χ3v) is 11.3. The first-order chi connectivity index (χ1) is 33.7. The van der Waals surface area contributed by atoms with E-state index in [-0.39, 0.29) is 56.7 Å². The number of aromatic hydroxyl groups is 1. The lowest BCUT2D eigenvalue weighted by Crippen LogP contribution is -2.62. The molecule has 72 heavy (non-hydrogen) atoms. The van der Waals surface area contributed by atoms with Gasteiger partial charge in [0.2, 0.25) is 59.1 Å². The number of amides is 10. The highest BCUT2D eigenvalue weighted by Crippen LogP contribution is 2.21. The number of carboxylic acid groups (broad SMARTS) is 1. The van der Waals surface area contributed by atoms with E-state index >= 15 is 0 Å². The van der Waals surface area contributed by atoms with Gasteiger partial charge < -0.3 is 90.0 Å². The summed E-state index contributed by atoms with van der Waals surface area (Å²) in [5.74, 6) is -11.8. The number of likely N-dealkylation sites (tertiary alicyclic amines) is 1. The van der Waals surface area contributed by atoms with Gasteiger partial charge in [-0.05, 0) is 69.6 Å². The molecule has 19 N–H and O–H groups in total. The molecule has 0 unspecified atom stereocenters. The molecule has 10 amide bonds. The number of hydrogen-bond acceptors (Lipinski definition) is 17. The van der Waals surface area contributed by atoms with Crippen LogP contribution in [0.3, 0.4) is 0 Å². The molecule has 1 aliphatic rings. The molecule has 0 bridgehead atoms. The van der Waals surface area contributed by atoms with Crippen molar-refractivity contribution in [3.8, 4) is 5.75 Å². The van der Waals surface area contributed by atoms with Crippen molar-refractivity contribution in [3.63, 3.8) is 0 Å². The van der Waals surface area contributed by atoms with Crippen LogP contribution in [-0.4, -0.2) is 187 Å². The van der Waals surface area contributed by atoms with Crippen LogP contribution in [0.1, 0.15) is 78.2 Å². The number of carbonyl (C=O) groups excluding carboxylic acids is 10. The van der Waals surface area contributed by atoms with Gasteiger partial charge in [-0.2, -0.15) is 0 Å². The molecule has 11 atom stereocenters. The van der Waals surface area contributed by atoms with Crippen molar-refractivity contribution >= 4 is 65.0 Å². The van der Waals surface area contributed by atoms with Gasteiger partial charge >= 0.3 is 5.97 Å². The van der Waals surface area contributed by atoms with E-state index in [0.29, 0.717) is 5.56 Å². The van der Waals surface area contributed by atoms with E-state index < -0.39 is 158 Å². The zero-order valence-corrected chi connectivity index (χ0v) is 40.4. The number of aliphatic hydroxyl groups is 4. The topological polar surface area (TPSA) is 475 Å². The number of phenolic OH excluding ortho intramolecular Hbond substituents is 1. The summed E-state index contributed by atoms with van der Waals surface area (Å²) in [6.45, 7) is 3.49. The number of nitrogens with one attached hydrogen (secondary N) is 7. The number of primary amides is 2. The minimum Gasteiger partial charge on any atom is -0.508 e. The average Bonchev–Trinajstić information content (AvgIpc) is 3.81. The van der Waals surface area contributed by atoms with Crippen molar-refractivity contribution in [2.45, 2.75) is 146 Å². The molecule has 28 nitrogen and oxygen atoms in total. The van der Waals surface area contributed by atoms with Crippen LogP contribution < -0.4 is 54.4 Å². The normalized spacial score (nSPS) is 17.5. The van der Waals surface area contributed by atoms with Crippen LogP contribution in [0.25, 0.3) is 0 Å². The summed E-state index contributed by atoms with van der Waals surface area (Å²) in [5.41, 5.74) is 16.4. The highest BCUT2D eigenvalue weighted by molar-refractivity contribution is 5.98. The number of phenols is 1. The predicted molar refractivity (Wildman–Crippen MR) is 250 cm³/mol. The van der Waals surface area contributed by atoms with E-state index in [1.165, 1.54) is 24.3 Å². The SMILES string of the molecule is CC(C)C[C@H](NC(=O)[C@@H]1CCCN1C(=O)[C@@H](NC(=O)[C@H](CO)NC(=O)[C@H](Cc1ccc(O)cc1)NC(=O)[C@H](CO)NC(=O)[C@H](CCC(N)=O)NC(=O)[C@@H](N)CCC(N)=O)[C@@H](C)O)C(=O)N[C@H](C(=O)O)[C@@H](C)O. The Kier molecular flexibility index (Phi) is 24.9. The Morgan fingerprint density at radius 1 is 0.625 bits per heavy atom. The van der Waals surface area contributed by atoms with Crippen molar-refractivity contribution in [1.29, 1.82) is 0 Å². The highest BCUT2D eigenvalue weighted by Gasteiger charge is 2.42. The maximum atomic E-state index is 14.0. The predicted octanol–water partition coefficient (Wildman–Crippen LogP) is -6.95. The van der Waals surface area contributed by atoms with Gasteiger partial charge in [0.05, 0.1) is 31.5 Å². The fraction of sp³-hybridized carbons (Fsp3) is 0.614. The van der Waals surface area contributed by atoms with Crippen molar-refractivity contribution < 1.29 is 83.4 Å². The zero-order chi connectivity index (χ0) is 54.6. The second kappa shape index (κ2) is 29.4. The fourth-order valence-electron chi connectivity index (χ4n) is 7.28. The quantitative estimate of drug-likeness (QED) is 0.0340. The molecule has 2 rings (SSSR count). The Hall–Kier alpha value is -7.01. The third-order valence-electron chi connectivity index (χ3n) is 11.3. The van der Waals surface area contributed by atoms with Gasteiger partial charge in [-0.1, -0.05) is 26.0 Å². The maximum Gasteiger partial charge on any atom is 0.328 e. The van der Waals surface area contributed by atoms with Crippen molar-refractivity contribution in [2.24, 2.45) is 23.1 Å². The van der Waals surface area contributed by atoms with E-state index in [2.05, 4.69) is 37.2 Å². The van der Waals surface area contributed by atoms with Gasteiger partial charge in [0.15, 0.2) is 6.04 Å². The minimum absolute atomic E-state index is 0.0304. The van der Waals surface area contributed by atoms with Gasteiger partial charge in [-0.15, -0.1) is 0 Å². The Balaban J connectivity index is 2.32. The highest BCUT2D eigenvalue weighted by atomic mass is 16.4. The van der Waals surface area contributed by atoms with E-state index in [1.54, 1.807) is 13.8 Å². The van der Waals surface area contributed by atoms with Gasteiger partial charge in [0.1, 0.15) is 48.0 Å². The van der Waals surface area contributed by atoms with Crippen LogP contribution in [0.2, 0.25) is 0 Å². The molecule has 1 saturated heterocycles. The number of aliphatic hydroxyl groups excluding tert-OH is 4. The maximum absolute atomic E-state index is 14.0. The first-order valence-corrected chi connectivity index (χ1v) is 23.0. The molecule has 28 heteroatoms. The Labute approximate surface area is 413 Å². The van der Waals surface area contributed by atoms with E-state index in [4.69, 9.17) is 17.2 Å².